The first kappa shape index (κ1) is 11.0. The van der Waals surface area contributed by atoms with Gasteiger partial charge in [0.15, 0.2) is 5.78 Å². The van der Waals surface area contributed by atoms with Gasteiger partial charge in [0.05, 0.1) is 6.42 Å². The number of aromatic nitrogens is 3. The van der Waals surface area contributed by atoms with Gasteiger partial charge in [-0.2, -0.15) is 5.10 Å². The Morgan fingerprint density at radius 3 is 2.53 bits per heavy atom. The molecule has 1 aromatic carbocycles. The van der Waals surface area contributed by atoms with Gasteiger partial charge in [-0.15, -0.1) is 0 Å². The minimum atomic E-state index is -0.689. The Labute approximate surface area is 95.3 Å². The molecule has 17 heavy (non-hydrogen) atoms. The second-order valence-electron chi connectivity index (χ2n) is 3.42. The predicted molar refractivity (Wildman–Crippen MR) is 60.0 cm³/mol. The van der Waals surface area contributed by atoms with Gasteiger partial charge in [0.2, 0.25) is 0 Å². The predicted octanol–water partition coefficient (Wildman–Crippen LogP) is -0.116. The SMILES string of the molecule is O=C(Cc1n[nH]c(=O)[nH]c1=O)c1ccccc1. The van der Waals surface area contributed by atoms with E-state index in [0.717, 1.165) is 0 Å². The van der Waals surface area contributed by atoms with Crippen LogP contribution >= 0.6 is 0 Å². The first-order chi connectivity index (χ1) is 8.16. The Morgan fingerprint density at radius 1 is 1.18 bits per heavy atom. The highest BCUT2D eigenvalue weighted by Crippen LogP contribution is 2.02. The van der Waals surface area contributed by atoms with Gasteiger partial charge < -0.3 is 0 Å². The van der Waals surface area contributed by atoms with E-state index in [4.69, 9.17) is 0 Å². The second-order valence-corrected chi connectivity index (χ2v) is 3.42. The highest BCUT2D eigenvalue weighted by molar-refractivity contribution is 5.97. The minimum Gasteiger partial charge on any atom is -0.294 e. The molecule has 0 radical (unpaired) electrons. The fourth-order valence-corrected chi connectivity index (χ4v) is 1.37. The van der Waals surface area contributed by atoms with Crippen LogP contribution in [-0.2, 0) is 6.42 Å². The standard InChI is InChI=1S/C11H9N3O3/c15-9(7-4-2-1-3-5-7)6-8-10(16)12-11(17)14-13-8/h1-5H,6H2,(H2,12,14,16,17). The zero-order chi connectivity index (χ0) is 12.3. The molecule has 0 bridgehead atoms. The van der Waals surface area contributed by atoms with Crippen LogP contribution in [0.25, 0.3) is 0 Å². The van der Waals surface area contributed by atoms with Crippen LogP contribution in [0.4, 0.5) is 0 Å². The van der Waals surface area contributed by atoms with Crippen LogP contribution in [0.3, 0.4) is 0 Å². The molecule has 0 atom stereocenters. The van der Waals surface area contributed by atoms with E-state index in [-0.39, 0.29) is 17.9 Å². The average molecular weight is 231 g/mol. The lowest BCUT2D eigenvalue weighted by atomic mass is 10.1. The third kappa shape index (κ3) is 2.54. The largest absolute Gasteiger partial charge is 0.342 e. The molecule has 0 aliphatic carbocycles. The van der Waals surface area contributed by atoms with E-state index in [1.54, 1.807) is 30.3 Å². The number of carbonyl (C=O) groups is 1. The lowest BCUT2D eigenvalue weighted by Gasteiger charge is -1.98. The van der Waals surface area contributed by atoms with Gasteiger partial charge in [-0.05, 0) is 0 Å². The molecular weight excluding hydrogens is 222 g/mol. The number of rotatable bonds is 3. The number of aromatic amines is 2. The fourth-order valence-electron chi connectivity index (χ4n) is 1.37. The van der Waals surface area contributed by atoms with Crippen LogP contribution in [0.5, 0.6) is 0 Å². The van der Waals surface area contributed by atoms with Crippen molar-refractivity contribution in [3.63, 3.8) is 0 Å². The molecule has 0 saturated carbocycles. The lowest BCUT2D eigenvalue weighted by molar-refractivity contribution is 0.0991. The molecule has 2 N–H and O–H groups in total. The molecule has 0 spiro atoms. The van der Waals surface area contributed by atoms with E-state index < -0.39 is 11.2 Å². The quantitative estimate of drug-likeness (QED) is 0.720. The highest BCUT2D eigenvalue weighted by Gasteiger charge is 2.10. The maximum atomic E-state index is 11.8. The summed E-state index contributed by atoms with van der Waals surface area (Å²) in [4.78, 5) is 35.8. The Morgan fingerprint density at radius 2 is 1.88 bits per heavy atom. The molecule has 0 unspecified atom stereocenters. The third-order valence-corrected chi connectivity index (χ3v) is 2.21. The minimum absolute atomic E-state index is 0.00143. The molecule has 6 heteroatoms. The van der Waals surface area contributed by atoms with E-state index in [2.05, 4.69) is 10.2 Å². The summed E-state index contributed by atoms with van der Waals surface area (Å²) < 4.78 is 0. The first-order valence-electron chi connectivity index (χ1n) is 4.93. The Kier molecular flexibility index (Phi) is 2.95. The summed E-state index contributed by atoms with van der Waals surface area (Å²) in [5.41, 5.74) is -0.831. The van der Waals surface area contributed by atoms with Crippen molar-refractivity contribution in [1.29, 1.82) is 0 Å². The van der Waals surface area contributed by atoms with Crippen molar-refractivity contribution >= 4 is 5.78 Å². The van der Waals surface area contributed by atoms with Crippen LogP contribution in [0.15, 0.2) is 39.9 Å². The van der Waals surface area contributed by atoms with Gasteiger partial charge in [0.25, 0.3) is 5.56 Å². The normalized spacial score (nSPS) is 10.1. The Balaban J connectivity index is 2.25. The summed E-state index contributed by atoms with van der Waals surface area (Å²) in [7, 11) is 0. The van der Waals surface area contributed by atoms with E-state index in [1.165, 1.54) is 0 Å². The summed E-state index contributed by atoms with van der Waals surface area (Å²) >= 11 is 0. The molecule has 1 aromatic heterocycles. The molecule has 0 aliphatic heterocycles. The van der Waals surface area contributed by atoms with E-state index in [0.29, 0.717) is 5.56 Å². The number of Topliss-reactive ketones (excluding diaryl/α,β-unsaturated/α-hetero) is 1. The van der Waals surface area contributed by atoms with Crippen LogP contribution < -0.4 is 11.2 Å². The molecule has 1 heterocycles. The van der Waals surface area contributed by atoms with Gasteiger partial charge in [-0.1, -0.05) is 30.3 Å². The summed E-state index contributed by atoms with van der Waals surface area (Å²) in [5.74, 6) is -0.226. The smallest absolute Gasteiger partial charge is 0.294 e. The Bertz CT molecular complexity index is 643. The van der Waals surface area contributed by atoms with Crippen LogP contribution in [-0.4, -0.2) is 21.0 Å². The van der Waals surface area contributed by atoms with Crippen molar-refractivity contribution < 1.29 is 4.79 Å². The zero-order valence-electron chi connectivity index (χ0n) is 8.77. The summed E-state index contributed by atoms with van der Waals surface area (Å²) in [6.45, 7) is 0. The number of hydrogen-bond donors (Lipinski definition) is 2. The number of ketones is 1. The van der Waals surface area contributed by atoms with Crippen molar-refractivity contribution in [1.82, 2.24) is 15.2 Å². The average Bonchev–Trinajstić information content (AvgIpc) is 2.34. The number of H-pyrrole nitrogens is 2. The van der Waals surface area contributed by atoms with E-state index in [1.807, 2.05) is 4.98 Å². The van der Waals surface area contributed by atoms with Crippen molar-refractivity contribution in [2.24, 2.45) is 0 Å². The molecule has 86 valence electrons. The number of carbonyl (C=O) groups excluding carboxylic acids is 1. The molecule has 2 rings (SSSR count). The number of nitrogens with one attached hydrogen (secondary N) is 2. The molecule has 0 aliphatic rings. The van der Waals surface area contributed by atoms with Gasteiger partial charge >= 0.3 is 5.69 Å². The van der Waals surface area contributed by atoms with Gasteiger partial charge in [0.1, 0.15) is 5.69 Å². The maximum Gasteiger partial charge on any atom is 0.342 e. The monoisotopic (exact) mass is 231 g/mol. The molecule has 2 aromatic rings. The Hall–Kier alpha value is -2.50. The summed E-state index contributed by atoms with van der Waals surface area (Å²) in [5, 5.41) is 5.63. The van der Waals surface area contributed by atoms with Crippen molar-refractivity contribution in [2.75, 3.05) is 0 Å². The van der Waals surface area contributed by atoms with E-state index in [9.17, 15) is 14.4 Å². The summed E-state index contributed by atoms with van der Waals surface area (Å²) in [6, 6.07) is 8.57. The maximum absolute atomic E-state index is 11.8. The second kappa shape index (κ2) is 4.56. The fraction of sp³-hybridized carbons (Fsp3) is 0.0909. The molecule has 0 saturated heterocycles. The number of nitrogens with zero attached hydrogens (tertiary/aromatic N) is 1. The van der Waals surface area contributed by atoms with Crippen LogP contribution in [0.1, 0.15) is 16.1 Å². The molecular formula is C11H9N3O3. The molecule has 0 amide bonds. The molecule has 6 nitrogen and oxygen atoms in total. The van der Waals surface area contributed by atoms with Crippen molar-refractivity contribution in [2.45, 2.75) is 6.42 Å². The van der Waals surface area contributed by atoms with Crippen LogP contribution in [0.2, 0.25) is 0 Å². The number of benzene rings is 1. The van der Waals surface area contributed by atoms with Gasteiger partial charge in [-0.3, -0.25) is 14.6 Å². The van der Waals surface area contributed by atoms with Gasteiger partial charge in [-0.25, -0.2) is 9.89 Å². The first-order valence-corrected chi connectivity index (χ1v) is 4.93. The van der Waals surface area contributed by atoms with Crippen molar-refractivity contribution in [3.05, 3.63) is 62.4 Å². The van der Waals surface area contributed by atoms with Crippen LogP contribution in [0, 0.1) is 0 Å². The van der Waals surface area contributed by atoms with Gasteiger partial charge in [0, 0.05) is 5.56 Å². The lowest BCUT2D eigenvalue weighted by Crippen LogP contribution is -2.28. The van der Waals surface area contributed by atoms with E-state index >= 15 is 0 Å². The van der Waals surface area contributed by atoms with Crippen molar-refractivity contribution in [3.8, 4) is 0 Å². The topological polar surface area (TPSA) is 95.7 Å². The summed E-state index contributed by atoms with van der Waals surface area (Å²) in [6.07, 6.45) is -0.143. The third-order valence-electron chi connectivity index (χ3n) is 2.21. The highest BCUT2D eigenvalue weighted by atomic mass is 16.2. The molecule has 0 fully saturated rings. The number of hydrogen-bond acceptors (Lipinski definition) is 4. The zero-order valence-corrected chi connectivity index (χ0v) is 8.77.